The van der Waals surface area contributed by atoms with E-state index >= 15 is 0 Å². The zero-order chi connectivity index (χ0) is 15.4. The summed E-state index contributed by atoms with van der Waals surface area (Å²) in [6.07, 6.45) is 1.79. The summed E-state index contributed by atoms with van der Waals surface area (Å²) in [5.41, 5.74) is 5.41. The highest BCUT2D eigenvalue weighted by atomic mass is 127. The number of nitrogens with one attached hydrogen (secondary N) is 3. The van der Waals surface area contributed by atoms with Crippen molar-refractivity contribution in [3.8, 4) is 5.75 Å². The van der Waals surface area contributed by atoms with Gasteiger partial charge in [-0.25, -0.2) is 0 Å². The van der Waals surface area contributed by atoms with Crippen molar-refractivity contribution in [1.82, 2.24) is 16.2 Å². The first kappa shape index (κ1) is 16.0. The lowest BCUT2D eigenvalue weighted by Gasteiger charge is -2.11. The summed E-state index contributed by atoms with van der Waals surface area (Å²) in [6.45, 7) is 0. The van der Waals surface area contributed by atoms with Crippen molar-refractivity contribution in [1.29, 1.82) is 0 Å². The van der Waals surface area contributed by atoms with Crippen molar-refractivity contribution in [2.75, 3.05) is 7.11 Å². The van der Waals surface area contributed by atoms with E-state index < -0.39 is 0 Å². The Morgan fingerprint density at radius 3 is 2.62 bits per heavy atom. The van der Waals surface area contributed by atoms with E-state index in [0.29, 0.717) is 11.3 Å². The lowest BCUT2D eigenvalue weighted by Crippen LogP contribution is -2.48. The summed E-state index contributed by atoms with van der Waals surface area (Å²) in [4.78, 5) is 23.4. The zero-order valence-corrected chi connectivity index (χ0v) is 14.2. The Bertz CT molecular complexity index is 590. The lowest BCUT2D eigenvalue weighted by atomic mass is 10.2. The molecule has 1 aliphatic rings. The Morgan fingerprint density at radius 1 is 1.33 bits per heavy atom. The number of carbonyl (C=O) groups excluding carboxylic acids is 2. The van der Waals surface area contributed by atoms with E-state index in [9.17, 15) is 9.59 Å². The highest BCUT2D eigenvalue weighted by molar-refractivity contribution is 14.1. The molecule has 0 unspecified atom stereocenters. The van der Waals surface area contributed by atoms with Crippen LogP contribution in [0.25, 0.3) is 0 Å². The van der Waals surface area contributed by atoms with Crippen molar-refractivity contribution < 1.29 is 14.3 Å². The molecule has 0 spiro atoms. The number of rotatable bonds is 3. The Balaban J connectivity index is 1.84. The van der Waals surface area contributed by atoms with E-state index in [4.69, 9.17) is 17.0 Å². The molecule has 1 saturated carbocycles. The molecule has 8 heteroatoms. The molecule has 1 fully saturated rings. The van der Waals surface area contributed by atoms with Crippen LogP contribution in [0, 0.1) is 9.49 Å². The fourth-order valence-corrected chi connectivity index (χ4v) is 2.47. The quantitative estimate of drug-likeness (QED) is 0.392. The molecule has 1 aromatic rings. The third-order valence-corrected chi connectivity index (χ3v) is 3.94. The molecule has 0 bridgehead atoms. The van der Waals surface area contributed by atoms with Gasteiger partial charge in [0.2, 0.25) is 5.91 Å². The third-order valence-electron chi connectivity index (χ3n) is 2.89. The molecule has 0 aliphatic heterocycles. The Hall–Kier alpha value is -1.42. The molecule has 112 valence electrons. The number of carbonyl (C=O) groups is 2. The summed E-state index contributed by atoms with van der Waals surface area (Å²) in [5.74, 6) is 0.301. The second-order valence-corrected chi connectivity index (χ2v) is 6.09. The van der Waals surface area contributed by atoms with Crippen LogP contribution in [0.2, 0.25) is 0 Å². The average molecular weight is 419 g/mol. The summed E-state index contributed by atoms with van der Waals surface area (Å²) >= 11 is 7.01. The number of amides is 2. The first-order valence-electron chi connectivity index (χ1n) is 6.26. The number of halogens is 1. The molecule has 0 saturated heterocycles. The number of thiocarbonyl (C=S) groups is 1. The number of hydrogen-bond donors (Lipinski definition) is 3. The number of hydrazine groups is 1. The minimum Gasteiger partial charge on any atom is -0.496 e. The first-order chi connectivity index (χ1) is 10.0. The lowest BCUT2D eigenvalue weighted by molar-refractivity contribution is -0.120. The SMILES string of the molecule is COc1ccc(C(=O)NNC(=S)NC(=O)C2CC2)cc1I. The van der Waals surface area contributed by atoms with Crippen LogP contribution in [0.4, 0.5) is 0 Å². The normalized spacial score (nSPS) is 13.2. The van der Waals surface area contributed by atoms with Gasteiger partial charge < -0.3 is 10.1 Å². The van der Waals surface area contributed by atoms with Crippen LogP contribution in [0.3, 0.4) is 0 Å². The van der Waals surface area contributed by atoms with Gasteiger partial charge >= 0.3 is 0 Å². The topological polar surface area (TPSA) is 79.5 Å². The van der Waals surface area contributed by atoms with E-state index in [1.165, 1.54) is 0 Å². The van der Waals surface area contributed by atoms with Crippen molar-refractivity contribution in [2.45, 2.75) is 12.8 Å². The molecule has 3 N–H and O–H groups in total. The second-order valence-electron chi connectivity index (χ2n) is 4.52. The van der Waals surface area contributed by atoms with Crippen LogP contribution < -0.4 is 20.9 Å². The van der Waals surface area contributed by atoms with Crippen LogP contribution in [0.1, 0.15) is 23.2 Å². The minimum absolute atomic E-state index is 0.0589. The number of methoxy groups -OCH3 is 1. The van der Waals surface area contributed by atoms with Crippen LogP contribution in [-0.2, 0) is 4.79 Å². The van der Waals surface area contributed by atoms with Gasteiger partial charge in [0.25, 0.3) is 5.91 Å². The average Bonchev–Trinajstić information content (AvgIpc) is 3.29. The maximum Gasteiger partial charge on any atom is 0.269 e. The fourth-order valence-electron chi connectivity index (χ4n) is 1.58. The second kappa shape index (κ2) is 7.03. The van der Waals surface area contributed by atoms with E-state index in [1.807, 2.05) is 0 Å². The number of hydrogen-bond acceptors (Lipinski definition) is 4. The van der Waals surface area contributed by atoms with E-state index in [-0.39, 0.29) is 22.8 Å². The number of benzene rings is 1. The predicted octanol–water partition coefficient (Wildman–Crippen LogP) is 1.35. The van der Waals surface area contributed by atoms with Gasteiger partial charge in [-0.15, -0.1) is 0 Å². The molecular weight excluding hydrogens is 405 g/mol. The molecule has 2 amide bonds. The van der Waals surface area contributed by atoms with Gasteiger partial charge in [0.05, 0.1) is 10.7 Å². The van der Waals surface area contributed by atoms with Crippen molar-refractivity contribution in [3.63, 3.8) is 0 Å². The molecule has 2 rings (SSSR count). The van der Waals surface area contributed by atoms with Gasteiger partial charge in [-0.05, 0) is 65.8 Å². The Labute approximate surface area is 141 Å². The van der Waals surface area contributed by atoms with Gasteiger partial charge in [-0.2, -0.15) is 0 Å². The molecular formula is C13H14IN3O3S. The minimum atomic E-state index is -0.349. The molecule has 0 aromatic heterocycles. The first-order valence-corrected chi connectivity index (χ1v) is 7.74. The predicted molar refractivity (Wildman–Crippen MR) is 89.8 cm³/mol. The van der Waals surface area contributed by atoms with Crippen molar-refractivity contribution in [3.05, 3.63) is 27.3 Å². The summed E-state index contributed by atoms with van der Waals surface area (Å²) in [5, 5.41) is 2.61. The zero-order valence-electron chi connectivity index (χ0n) is 11.2. The van der Waals surface area contributed by atoms with Gasteiger partial charge in [0.15, 0.2) is 5.11 Å². The highest BCUT2D eigenvalue weighted by Gasteiger charge is 2.30. The molecule has 1 aromatic carbocycles. The van der Waals surface area contributed by atoms with E-state index in [0.717, 1.165) is 16.4 Å². The fraction of sp³-hybridized carbons (Fsp3) is 0.308. The van der Waals surface area contributed by atoms with Crippen LogP contribution in [0.15, 0.2) is 18.2 Å². The van der Waals surface area contributed by atoms with E-state index in [2.05, 4.69) is 38.8 Å². The largest absolute Gasteiger partial charge is 0.496 e. The van der Waals surface area contributed by atoms with Gasteiger partial charge in [-0.3, -0.25) is 20.4 Å². The standard InChI is InChI=1S/C13H14IN3O3S/c1-20-10-5-4-8(6-9(10)14)12(19)16-17-13(21)15-11(18)7-2-3-7/h4-7H,2-3H2,1H3,(H,16,19)(H2,15,17,18,21). The summed E-state index contributed by atoms with van der Waals surface area (Å²) in [7, 11) is 1.57. The van der Waals surface area contributed by atoms with Crippen LogP contribution >= 0.6 is 34.8 Å². The maximum absolute atomic E-state index is 11.9. The van der Waals surface area contributed by atoms with E-state index in [1.54, 1.807) is 25.3 Å². The maximum atomic E-state index is 11.9. The molecule has 0 atom stereocenters. The van der Waals surface area contributed by atoms with Crippen molar-refractivity contribution in [2.24, 2.45) is 5.92 Å². The molecule has 1 aliphatic carbocycles. The van der Waals surface area contributed by atoms with Crippen LogP contribution in [0.5, 0.6) is 5.75 Å². The molecule has 0 heterocycles. The van der Waals surface area contributed by atoms with Crippen LogP contribution in [-0.4, -0.2) is 24.0 Å². The van der Waals surface area contributed by atoms with Gasteiger partial charge in [0.1, 0.15) is 5.75 Å². The highest BCUT2D eigenvalue weighted by Crippen LogP contribution is 2.28. The molecule has 6 nitrogen and oxygen atoms in total. The monoisotopic (exact) mass is 419 g/mol. The van der Waals surface area contributed by atoms with Crippen molar-refractivity contribution >= 4 is 51.7 Å². The third kappa shape index (κ3) is 4.53. The Kier molecular flexibility index (Phi) is 5.34. The Morgan fingerprint density at radius 2 is 2.05 bits per heavy atom. The smallest absolute Gasteiger partial charge is 0.269 e. The molecule has 0 radical (unpaired) electrons. The summed E-state index contributed by atoms with van der Waals surface area (Å²) < 4.78 is 5.95. The number of ether oxygens (including phenoxy) is 1. The molecule has 21 heavy (non-hydrogen) atoms. The van der Waals surface area contributed by atoms with Gasteiger partial charge in [0, 0.05) is 11.5 Å². The van der Waals surface area contributed by atoms with Gasteiger partial charge in [-0.1, -0.05) is 0 Å². The summed E-state index contributed by atoms with van der Waals surface area (Å²) in [6, 6.07) is 5.05.